The Labute approximate surface area is 221 Å². The second-order valence-corrected chi connectivity index (χ2v) is 22.2. The summed E-state index contributed by atoms with van der Waals surface area (Å²) in [6.07, 6.45) is 3.55. The molecule has 0 aliphatic carbocycles. The van der Waals surface area contributed by atoms with Gasteiger partial charge in [0.25, 0.3) is 0 Å². The fraction of sp³-hybridized carbons (Fsp3) is 0.636. The second kappa shape index (κ2) is 11.4. The summed E-state index contributed by atoms with van der Waals surface area (Å²) in [5, 5.41) is 1.33. The Morgan fingerprint density at radius 3 is 1.43 bits per heavy atom. The zero-order valence-electron chi connectivity index (χ0n) is 25.2. The van der Waals surface area contributed by atoms with Crippen LogP contribution in [0.2, 0.25) is 0 Å². The van der Waals surface area contributed by atoms with E-state index < -0.39 is 0 Å². The van der Waals surface area contributed by atoms with Gasteiger partial charge < -0.3 is 0 Å². The maximum Gasteiger partial charge on any atom is -0.00607 e. The van der Waals surface area contributed by atoms with Crippen LogP contribution in [0, 0.1) is 0 Å². The van der Waals surface area contributed by atoms with Gasteiger partial charge >= 0.3 is 0 Å². The molecule has 0 aliphatic rings. The van der Waals surface area contributed by atoms with Crippen molar-refractivity contribution in [3.63, 3.8) is 0 Å². The lowest BCUT2D eigenvalue weighted by molar-refractivity contribution is 0.698. The molecule has 0 aromatic heterocycles. The normalized spacial score (nSPS) is 14.6. The lowest BCUT2D eigenvalue weighted by Crippen LogP contribution is -2.27. The van der Waals surface area contributed by atoms with Crippen LogP contribution in [0.5, 0.6) is 0 Å². The molecule has 2 heteroatoms. The molecule has 2 aromatic rings. The zero-order chi connectivity index (χ0) is 26.8. The Morgan fingerprint density at radius 1 is 0.571 bits per heavy atom. The van der Waals surface area contributed by atoms with Gasteiger partial charge in [0.1, 0.15) is 0 Å². The zero-order valence-corrected chi connectivity index (χ0v) is 27.0. The van der Waals surface area contributed by atoms with Crippen molar-refractivity contribution in [1.29, 1.82) is 0 Å². The van der Waals surface area contributed by atoms with Crippen molar-refractivity contribution in [2.24, 2.45) is 0 Å². The molecular weight excluding hydrogens is 458 g/mol. The topological polar surface area (TPSA) is 0 Å². The van der Waals surface area contributed by atoms with E-state index in [2.05, 4.69) is 139 Å². The summed E-state index contributed by atoms with van der Waals surface area (Å²) in [5.41, 5.74) is 6.17. The Hall–Kier alpha value is -0.700. The van der Waals surface area contributed by atoms with E-state index in [1.807, 2.05) is 0 Å². The van der Waals surface area contributed by atoms with Crippen molar-refractivity contribution in [2.75, 3.05) is 0 Å². The predicted molar refractivity (Wildman–Crippen MR) is 165 cm³/mol. The molecule has 1 unspecified atom stereocenters. The van der Waals surface area contributed by atoms with E-state index >= 15 is 0 Å². The van der Waals surface area contributed by atoms with E-state index in [-0.39, 0.29) is 15.8 Å². The summed E-state index contributed by atoms with van der Waals surface area (Å²) in [6, 6.07) is 18.5. The number of hydrogen-bond acceptors (Lipinski definition) is 0. The lowest BCUT2D eigenvalue weighted by Gasteiger charge is -2.44. The van der Waals surface area contributed by atoms with Crippen LogP contribution in [0.1, 0.15) is 118 Å². The van der Waals surface area contributed by atoms with Gasteiger partial charge in [0, 0.05) is 0 Å². The molecule has 0 amide bonds. The Bertz CT molecular complexity index is 902. The van der Waals surface area contributed by atoms with Gasteiger partial charge in [-0.2, -0.15) is 0 Å². The highest BCUT2D eigenvalue weighted by Gasteiger charge is 2.37. The molecule has 0 saturated carbocycles. The molecule has 0 heterocycles. The summed E-state index contributed by atoms with van der Waals surface area (Å²) in [5.74, 6) is 0.521. The Morgan fingerprint density at radius 2 is 1.00 bits per heavy atom. The van der Waals surface area contributed by atoms with Gasteiger partial charge in [0.15, 0.2) is 0 Å². The fourth-order valence-corrected chi connectivity index (χ4v) is 12.8. The van der Waals surface area contributed by atoms with Gasteiger partial charge in [-0.25, -0.2) is 0 Å². The first-order valence-corrected chi connectivity index (χ1v) is 16.6. The van der Waals surface area contributed by atoms with Gasteiger partial charge in [0.2, 0.25) is 0 Å². The van der Waals surface area contributed by atoms with Crippen LogP contribution in [-0.4, -0.2) is 20.6 Å². The first kappa shape index (κ1) is 30.5. The highest BCUT2D eigenvalue weighted by molar-refractivity contribution is 7.60. The van der Waals surface area contributed by atoms with E-state index in [0.29, 0.717) is 26.5 Å². The SMILES string of the molecule is CC(Cc1ccccc1)c1ccc(CP(C(C)(C)C)C(C)(C)C)c(CP(C(C)(C)C)C(C)(C)C)c1. The third-order valence-electron chi connectivity index (χ3n) is 7.08. The van der Waals surface area contributed by atoms with Gasteiger partial charge in [-0.05, 0) is 67.5 Å². The van der Waals surface area contributed by atoms with Crippen LogP contribution in [0.4, 0.5) is 0 Å². The summed E-state index contributed by atoms with van der Waals surface area (Å²) >= 11 is 0. The van der Waals surface area contributed by atoms with Crippen molar-refractivity contribution in [1.82, 2.24) is 0 Å². The summed E-state index contributed by atoms with van der Waals surface area (Å²) in [6.45, 7) is 31.9. The van der Waals surface area contributed by atoms with E-state index in [9.17, 15) is 0 Å². The van der Waals surface area contributed by atoms with Crippen molar-refractivity contribution >= 4 is 15.8 Å². The van der Waals surface area contributed by atoms with Crippen LogP contribution < -0.4 is 0 Å². The Kier molecular flexibility index (Phi) is 9.91. The number of rotatable bonds is 7. The third-order valence-corrected chi connectivity index (χ3v) is 14.9. The molecule has 0 bridgehead atoms. The smallest absolute Gasteiger partial charge is 0.00607 e. The standard InChI is InChI=1S/C33H54P2/c1-25(21-26-17-15-14-16-18-26)27-19-20-28(23-34(30(2,3)4)31(5,6)7)29(22-27)24-35(32(8,9)10)33(11,12)13/h14-20,22,25H,21,23-24H2,1-13H3. The van der Waals surface area contributed by atoms with Gasteiger partial charge in [-0.3, -0.25) is 0 Å². The third kappa shape index (κ3) is 8.97. The van der Waals surface area contributed by atoms with Crippen LogP contribution in [0.3, 0.4) is 0 Å². The summed E-state index contributed by atoms with van der Waals surface area (Å²) in [4.78, 5) is 0. The van der Waals surface area contributed by atoms with E-state index in [0.717, 1.165) is 6.42 Å². The van der Waals surface area contributed by atoms with E-state index in [1.54, 1.807) is 11.1 Å². The highest BCUT2D eigenvalue weighted by Crippen LogP contribution is 2.64. The molecule has 2 rings (SSSR count). The van der Waals surface area contributed by atoms with Crippen LogP contribution >= 0.6 is 15.8 Å². The average molecular weight is 513 g/mol. The quantitative estimate of drug-likeness (QED) is 0.324. The molecule has 196 valence electrons. The van der Waals surface area contributed by atoms with Crippen LogP contribution in [0.15, 0.2) is 48.5 Å². The maximum atomic E-state index is 2.61. The summed E-state index contributed by atoms with van der Waals surface area (Å²) in [7, 11) is -0.363. The molecule has 0 saturated heterocycles. The molecule has 2 aromatic carbocycles. The van der Waals surface area contributed by atoms with Gasteiger partial charge in [-0.1, -0.05) is 154 Å². The molecular formula is C33H54P2. The van der Waals surface area contributed by atoms with Crippen molar-refractivity contribution < 1.29 is 0 Å². The molecule has 0 spiro atoms. The molecule has 0 fully saturated rings. The second-order valence-electron chi connectivity index (χ2n) is 14.5. The minimum absolute atomic E-state index is 0.174. The van der Waals surface area contributed by atoms with Crippen LogP contribution in [-0.2, 0) is 18.7 Å². The number of hydrogen-bond donors (Lipinski definition) is 0. The maximum absolute atomic E-state index is 2.61. The average Bonchev–Trinajstić information content (AvgIpc) is 2.67. The minimum atomic E-state index is -0.189. The van der Waals surface area contributed by atoms with Gasteiger partial charge in [-0.15, -0.1) is 0 Å². The highest BCUT2D eigenvalue weighted by atomic mass is 31.1. The fourth-order valence-electron chi connectivity index (χ4n) is 5.64. The molecule has 0 N–H and O–H groups in total. The Balaban J connectivity index is 2.54. The van der Waals surface area contributed by atoms with Crippen molar-refractivity contribution in [2.45, 2.75) is 135 Å². The molecule has 0 nitrogen and oxygen atoms in total. The largest absolute Gasteiger partial charge is 0.0911 e. The van der Waals surface area contributed by atoms with E-state index in [4.69, 9.17) is 0 Å². The predicted octanol–water partition coefficient (Wildman–Crippen LogP) is 11.2. The molecule has 0 aliphatic heterocycles. The number of benzene rings is 2. The summed E-state index contributed by atoms with van der Waals surface area (Å²) < 4.78 is 0. The van der Waals surface area contributed by atoms with Crippen molar-refractivity contribution in [3.05, 3.63) is 70.8 Å². The monoisotopic (exact) mass is 512 g/mol. The van der Waals surface area contributed by atoms with Crippen molar-refractivity contribution in [3.8, 4) is 0 Å². The first-order chi connectivity index (χ1) is 15.8. The lowest BCUT2D eigenvalue weighted by atomic mass is 9.91. The molecule has 1 atom stereocenters. The van der Waals surface area contributed by atoms with Crippen LogP contribution in [0.25, 0.3) is 0 Å². The molecule has 35 heavy (non-hydrogen) atoms. The first-order valence-electron chi connectivity index (χ1n) is 13.5. The van der Waals surface area contributed by atoms with Gasteiger partial charge in [0.05, 0.1) is 0 Å². The van der Waals surface area contributed by atoms with E-state index in [1.165, 1.54) is 23.5 Å². The minimum Gasteiger partial charge on any atom is -0.0911 e. The molecule has 0 radical (unpaired) electrons.